The summed E-state index contributed by atoms with van der Waals surface area (Å²) in [7, 11) is 0. The van der Waals surface area contributed by atoms with Gasteiger partial charge in [0.05, 0.1) is 0 Å². The van der Waals surface area contributed by atoms with Crippen molar-refractivity contribution in [1.82, 2.24) is 0 Å². The molecule has 1 aromatic heterocycles. The van der Waals surface area contributed by atoms with E-state index >= 15 is 0 Å². The Balaban J connectivity index is 2.76. The predicted octanol–water partition coefficient (Wildman–Crippen LogP) is 2.67. The maximum Gasteiger partial charge on any atom is 0.0273 e. The summed E-state index contributed by atoms with van der Waals surface area (Å²) in [4.78, 5) is 2.75. The van der Waals surface area contributed by atoms with Gasteiger partial charge in [0.2, 0.25) is 0 Å². The fourth-order valence-electron chi connectivity index (χ4n) is 0.964. The topological polar surface area (TPSA) is 26.0 Å². The van der Waals surface area contributed by atoms with Crippen LogP contribution in [0.25, 0.3) is 6.08 Å². The maximum absolute atomic E-state index is 5.50. The molecule has 0 aliphatic heterocycles. The zero-order chi connectivity index (χ0) is 8.97. The van der Waals surface area contributed by atoms with Crippen molar-refractivity contribution in [2.45, 2.75) is 20.3 Å². The van der Waals surface area contributed by atoms with Crippen molar-refractivity contribution in [3.63, 3.8) is 0 Å². The van der Waals surface area contributed by atoms with Gasteiger partial charge in [0.1, 0.15) is 0 Å². The summed E-state index contributed by atoms with van der Waals surface area (Å²) in [5.74, 6) is 0. The molecule has 0 bridgehead atoms. The van der Waals surface area contributed by atoms with E-state index in [9.17, 15) is 0 Å². The Bertz CT molecular complexity index is 273. The standard InChI is InChI=1S/C10H15NS/c1-3-9-4-5-10(12-9)6-8(2)7-11/h4-6H,3,7,11H2,1-2H3. The molecule has 1 heterocycles. The van der Waals surface area contributed by atoms with Crippen molar-refractivity contribution < 1.29 is 0 Å². The Morgan fingerprint density at radius 3 is 2.83 bits per heavy atom. The van der Waals surface area contributed by atoms with Crippen LogP contribution >= 0.6 is 11.3 Å². The lowest BCUT2D eigenvalue weighted by atomic mass is 10.2. The SMILES string of the molecule is CCc1ccc(C=C(C)CN)s1. The van der Waals surface area contributed by atoms with E-state index in [1.807, 2.05) is 11.3 Å². The molecule has 0 atom stereocenters. The van der Waals surface area contributed by atoms with Crippen LogP contribution < -0.4 is 5.73 Å². The second kappa shape index (κ2) is 4.43. The van der Waals surface area contributed by atoms with Gasteiger partial charge in [-0.15, -0.1) is 11.3 Å². The van der Waals surface area contributed by atoms with Crippen LogP contribution in [-0.4, -0.2) is 6.54 Å². The summed E-state index contributed by atoms with van der Waals surface area (Å²) >= 11 is 1.84. The third-order valence-corrected chi connectivity index (χ3v) is 2.92. The molecule has 1 aromatic rings. The zero-order valence-corrected chi connectivity index (χ0v) is 8.45. The highest BCUT2D eigenvalue weighted by Crippen LogP contribution is 2.19. The van der Waals surface area contributed by atoms with Crippen LogP contribution in [0.2, 0.25) is 0 Å². The fourth-order valence-corrected chi connectivity index (χ4v) is 1.94. The molecule has 0 aromatic carbocycles. The molecule has 1 nitrogen and oxygen atoms in total. The van der Waals surface area contributed by atoms with Gasteiger partial charge in [-0.25, -0.2) is 0 Å². The molecule has 1 rings (SSSR count). The number of hydrogen-bond acceptors (Lipinski definition) is 2. The van der Waals surface area contributed by atoms with Crippen LogP contribution in [0, 0.1) is 0 Å². The number of thiophene rings is 1. The smallest absolute Gasteiger partial charge is 0.0273 e. The molecule has 0 radical (unpaired) electrons. The lowest BCUT2D eigenvalue weighted by Gasteiger charge is -1.91. The van der Waals surface area contributed by atoms with Gasteiger partial charge in [0.15, 0.2) is 0 Å². The first-order valence-corrected chi connectivity index (χ1v) is 5.04. The summed E-state index contributed by atoms with van der Waals surface area (Å²) in [5, 5.41) is 0. The first-order valence-electron chi connectivity index (χ1n) is 4.22. The lowest BCUT2D eigenvalue weighted by Crippen LogP contribution is -1.98. The van der Waals surface area contributed by atoms with Gasteiger partial charge in [-0.05, 0) is 31.6 Å². The molecule has 0 saturated carbocycles. The molecule has 2 heteroatoms. The number of rotatable bonds is 3. The first kappa shape index (κ1) is 9.49. The number of aryl methyl sites for hydroxylation is 1. The van der Waals surface area contributed by atoms with E-state index in [0.29, 0.717) is 6.54 Å². The second-order valence-electron chi connectivity index (χ2n) is 2.85. The van der Waals surface area contributed by atoms with Crippen LogP contribution in [0.3, 0.4) is 0 Å². The Kier molecular flexibility index (Phi) is 3.50. The van der Waals surface area contributed by atoms with Crippen LogP contribution in [-0.2, 0) is 6.42 Å². The van der Waals surface area contributed by atoms with E-state index in [0.717, 1.165) is 6.42 Å². The molecule has 0 aliphatic rings. The highest BCUT2D eigenvalue weighted by molar-refractivity contribution is 7.12. The third kappa shape index (κ3) is 2.47. The van der Waals surface area contributed by atoms with Crippen LogP contribution in [0.15, 0.2) is 17.7 Å². The van der Waals surface area contributed by atoms with Crippen molar-refractivity contribution in [3.8, 4) is 0 Å². The average Bonchev–Trinajstić information content (AvgIpc) is 2.52. The maximum atomic E-state index is 5.50. The molecule has 66 valence electrons. The highest BCUT2D eigenvalue weighted by atomic mass is 32.1. The lowest BCUT2D eigenvalue weighted by molar-refractivity contribution is 1.15. The van der Waals surface area contributed by atoms with E-state index in [1.165, 1.54) is 15.3 Å². The molecular weight excluding hydrogens is 166 g/mol. The summed E-state index contributed by atoms with van der Waals surface area (Å²) in [6, 6.07) is 4.34. The summed E-state index contributed by atoms with van der Waals surface area (Å²) < 4.78 is 0. The Morgan fingerprint density at radius 1 is 1.58 bits per heavy atom. The quantitative estimate of drug-likeness (QED) is 0.762. The van der Waals surface area contributed by atoms with E-state index in [1.54, 1.807) is 0 Å². The Hall–Kier alpha value is -0.600. The van der Waals surface area contributed by atoms with Crippen molar-refractivity contribution in [1.29, 1.82) is 0 Å². The zero-order valence-electron chi connectivity index (χ0n) is 7.63. The molecule has 0 unspecified atom stereocenters. The minimum atomic E-state index is 0.652. The summed E-state index contributed by atoms with van der Waals surface area (Å²) in [5.41, 5.74) is 6.73. The molecule has 12 heavy (non-hydrogen) atoms. The van der Waals surface area contributed by atoms with Crippen LogP contribution in [0.1, 0.15) is 23.6 Å². The van der Waals surface area contributed by atoms with E-state index in [-0.39, 0.29) is 0 Å². The van der Waals surface area contributed by atoms with Gasteiger partial charge in [-0.1, -0.05) is 12.5 Å². The molecule has 0 fully saturated rings. The normalized spacial score (nSPS) is 12.1. The predicted molar refractivity (Wildman–Crippen MR) is 56.4 cm³/mol. The molecule has 0 saturated heterocycles. The van der Waals surface area contributed by atoms with Gasteiger partial charge in [-0.3, -0.25) is 0 Å². The van der Waals surface area contributed by atoms with Gasteiger partial charge >= 0.3 is 0 Å². The van der Waals surface area contributed by atoms with E-state index in [2.05, 4.69) is 32.1 Å². The summed E-state index contributed by atoms with van der Waals surface area (Å²) in [6.45, 7) is 4.89. The van der Waals surface area contributed by atoms with E-state index < -0.39 is 0 Å². The Morgan fingerprint density at radius 2 is 2.33 bits per heavy atom. The Labute approximate surface area is 77.9 Å². The van der Waals surface area contributed by atoms with Gasteiger partial charge < -0.3 is 5.73 Å². The minimum absolute atomic E-state index is 0.652. The van der Waals surface area contributed by atoms with Crippen LogP contribution in [0.5, 0.6) is 0 Å². The van der Waals surface area contributed by atoms with Crippen molar-refractivity contribution in [2.24, 2.45) is 5.73 Å². The van der Waals surface area contributed by atoms with E-state index in [4.69, 9.17) is 5.73 Å². The molecule has 0 spiro atoms. The largest absolute Gasteiger partial charge is 0.327 e. The van der Waals surface area contributed by atoms with Crippen LogP contribution in [0.4, 0.5) is 0 Å². The molecule has 0 aliphatic carbocycles. The van der Waals surface area contributed by atoms with Crippen molar-refractivity contribution >= 4 is 17.4 Å². The summed E-state index contributed by atoms with van der Waals surface area (Å²) in [6.07, 6.45) is 3.28. The minimum Gasteiger partial charge on any atom is -0.327 e. The first-order chi connectivity index (χ1) is 5.76. The number of hydrogen-bond donors (Lipinski definition) is 1. The molecule has 0 amide bonds. The number of nitrogens with two attached hydrogens (primary N) is 1. The second-order valence-corrected chi connectivity index (χ2v) is 4.05. The van der Waals surface area contributed by atoms with Gasteiger partial charge in [0, 0.05) is 16.3 Å². The molecular formula is C10H15NS. The van der Waals surface area contributed by atoms with Gasteiger partial charge in [0.25, 0.3) is 0 Å². The third-order valence-electron chi connectivity index (χ3n) is 1.74. The fraction of sp³-hybridized carbons (Fsp3) is 0.400. The monoisotopic (exact) mass is 181 g/mol. The molecule has 2 N–H and O–H groups in total. The van der Waals surface area contributed by atoms with Gasteiger partial charge in [-0.2, -0.15) is 0 Å². The average molecular weight is 181 g/mol. The van der Waals surface area contributed by atoms with Crippen molar-refractivity contribution in [2.75, 3.05) is 6.54 Å². The van der Waals surface area contributed by atoms with Crippen molar-refractivity contribution in [3.05, 3.63) is 27.5 Å². The highest BCUT2D eigenvalue weighted by Gasteiger charge is 1.94.